The molecule has 1 aromatic heterocycles. The van der Waals surface area contributed by atoms with Crippen LogP contribution in [0.5, 0.6) is 0 Å². The Hall–Kier alpha value is -2.04. The molecule has 21 heavy (non-hydrogen) atoms. The molecule has 0 spiro atoms. The van der Waals surface area contributed by atoms with Gasteiger partial charge in [0.25, 0.3) is 0 Å². The summed E-state index contributed by atoms with van der Waals surface area (Å²) in [6, 6.07) is 10.1. The highest BCUT2D eigenvalue weighted by Crippen LogP contribution is 2.27. The molecule has 0 aliphatic rings. The minimum atomic E-state index is -0.977. The SMILES string of the molecule is Cc1nc2cc(C(=O)O)ccc2n1-c1cc(Cl)cc(Cl)c1. The number of fused-ring (bicyclic) bond motifs is 1. The highest BCUT2D eigenvalue weighted by molar-refractivity contribution is 6.34. The fourth-order valence-electron chi connectivity index (χ4n) is 2.33. The van der Waals surface area contributed by atoms with E-state index in [0.717, 1.165) is 17.0 Å². The molecular formula is C15H10Cl2N2O2. The van der Waals surface area contributed by atoms with E-state index in [1.54, 1.807) is 36.4 Å². The van der Waals surface area contributed by atoms with E-state index in [0.29, 0.717) is 15.6 Å². The molecule has 1 heterocycles. The van der Waals surface area contributed by atoms with Gasteiger partial charge in [0.2, 0.25) is 0 Å². The lowest BCUT2D eigenvalue weighted by Gasteiger charge is -2.08. The lowest BCUT2D eigenvalue weighted by atomic mass is 10.2. The molecule has 0 aliphatic carbocycles. The molecule has 106 valence electrons. The molecule has 0 aliphatic heterocycles. The van der Waals surface area contributed by atoms with Crippen molar-refractivity contribution in [3.63, 3.8) is 0 Å². The first-order valence-electron chi connectivity index (χ1n) is 6.14. The smallest absolute Gasteiger partial charge is 0.335 e. The van der Waals surface area contributed by atoms with Gasteiger partial charge in [0.15, 0.2) is 0 Å². The zero-order valence-corrected chi connectivity index (χ0v) is 12.5. The highest BCUT2D eigenvalue weighted by atomic mass is 35.5. The molecule has 6 heteroatoms. The number of carbonyl (C=O) groups is 1. The topological polar surface area (TPSA) is 55.1 Å². The van der Waals surface area contributed by atoms with Crippen LogP contribution in [0.1, 0.15) is 16.2 Å². The van der Waals surface area contributed by atoms with Crippen molar-refractivity contribution in [2.75, 3.05) is 0 Å². The number of nitrogens with zero attached hydrogens (tertiary/aromatic N) is 2. The average Bonchev–Trinajstić information content (AvgIpc) is 2.72. The van der Waals surface area contributed by atoms with Gasteiger partial charge in [-0.3, -0.25) is 4.57 Å². The fraction of sp³-hybridized carbons (Fsp3) is 0.0667. The zero-order valence-electron chi connectivity index (χ0n) is 11.0. The second kappa shape index (κ2) is 5.06. The number of aromatic nitrogens is 2. The molecular weight excluding hydrogens is 311 g/mol. The van der Waals surface area contributed by atoms with E-state index in [9.17, 15) is 4.79 Å². The quantitative estimate of drug-likeness (QED) is 0.764. The summed E-state index contributed by atoms with van der Waals surface area (Å²) in [6.07, 6.45) is 0. The summed E-state index contributed by atoms with van der Waals surface area (Å²) in [5.41, 5.74) is 2.41. The van der Waals surface area contributed by atoms with Crippen LogP contribution in [0.25, 0.3) is 16.7 Å². The third-order valence-electron chi connectivity index (χ3n) is 3.17. The Morgan fingerprint density at radius 3 is 2.43 bits per heavy atom. The van der Waals surface area contributed by atoms with Crippen molar-refractivity contribution in [3.05, 3.63) is 57.8 Å². The number of aryl methyl sites for hydroxylation is 1. The summed E-state index contributed by atoms with van der Waals surface area (Å²) in [5, 5.41) is 10.1. The molecule has 0 bridgehead atoms. The van der Waals surface area contributed by atoms with Gasteiger partial charge in [-0.1, -0.05) is 23.2 Å². The second-order valence-electron chi connectivity index (χ2n) is 4.63. The van der Waals surface area contributed by atoms with Crippen LogP contribution < -0.4 is 0 Å². The average molecular weight is 321 g/mol. The van der Waals surface area contributed by atoms with E-state index in [2.05, 4.69) is 4.98 Å². The predicted molar refractivity (Wildman–Crippen MR) is 82.8 cm³/mol. The number of hydrogen-bond donors (Lipinski definition) is 1. The van der Waals surface area contributed by atoms with Gasteiger partial charge in [-0.15, -0.1) is 0 Å². The molecule has 0 unspecified atom stereocenters. The van der Waals surface area contributed by atoms with Gasteiger partial charge in [-0.2, -0.15) is 0 Å². The van der Waals surface area contributed by atoms with Crippen molar-refractivity contribution < 1.29 is 9.90 Å². The normalized spacial score (nSPS) is 11.0. The van der Waals surface area contributed by atoms with E-state index in [-0.39, 0.29) is 5.56 Å². The lowest BCUT2D eigenvalue weighted by Crippen LogP contribution is -1.98. The van der Waals surface area contributed by atoms with E-state index < -0.39 is 5.97 Å². The number of carboxylic acids is 1. The van der Waals surface area contributed by atoms with Crippen molar-refractivity contribution in [1.82, 2.24) is 9.55 Å². The van der Waals surface area contributed by atoms with Crippen molar-refractivity contribution in [1.29, 1.82) is 0 Å². The summed E-state index contributed by atoms with van der Waals surface area (Å²) >= 11 is 12.1. The number of benzene rings is 2. The maximum absolute atomic E-state index is 11.0. The van der Waals surface area contributed by atoms with Crippen LogP contribution in [0, 0.1) is 6.92 Å². The van der Waals surface area contributed by atoms with Gasteiger partial charge in [-0.05, 0) is 43.3 Å². The minimum absolute atomic E-state index is 0.205. The minimum Gasteiger partial charge on any atom is -0.478 e. The molecule has 0 saturated carbocycles. The number of rotatable bonds is 2. The third-order valence-corrected chi connectivity index (χ3v) is 3.61. The molecule has 4 nitrogen and oxygen atoms in total. The van der Waals surface area contributed by atoms with E-state index in [1.807, 2.05) is 11.5 Å². The second-order valence-corrected chi connectivity index (χ2v) is 5.50. The van der Waals surface area contributed by atoms with Crippen LogP contribution >= 0.6 is 23.2 Å². The molecule has 0 atom stereocenters. The number of halogens is 2. The Kier molecular flexibility index (Phi) is 3.35. The molecule has 3 aromatic rings. The molecule has 0 fully saturated rings. The van der Waals surface area contributed by atoms with Crippen molar-refractivity contribution in [2.24, 2.45) is 0 Å². The number of imidazole rings is 1. The van der Waals surface area contributed by atoms with Gasteiger partial charge >= 0.3 is 5.97 Å². The Bertz CT molecular complexity index is 851. The van der Waals surface area contributed by atoms with Crippen LogP contribution in [-0.4, -0.2) is 20.6 Å². The molecule has 0 amide bonds. The Labute approximate surface area is 130 Å². The standard InChI is InChI=1S/C15H10Cl2N2O2/c1-8-18-13-4-9(15(20)21)2-3-14(13)19(8)12-6-10(16)5-11(17)7-12/h2-7H,1H3,(H,20,21). The summed E-state index contributed by atoms with van der Waals surface area (Å²) in [5.74, 6) is -0.249. The third kappa shape index (κ3) is 2.48. The first-order valence-corrected chi connectivity index (χ1v) is 6.90. The largest absolute Gasteiger partial charge is 0.478 e. The summed E-state index contributed by atoms with van der Waals surface area (Å²) in [7, 11) is 0. The maximum atomic E-state index is 11.0. The van der Waals surface area contributed by atoms with E-state index in [4.69, 9.17) is 28.3 Å². The molecule has 1 N–H and O–H groups in total. The monoisotopic (exact) mass is 320 g/mol. The first kappa shape index (κ1) is 13.9. The van der Waals surface area contributed by atoms with Gasteiger partial charge in [-0.25, -0.2) is 9.78 Å². The van der Waals surface area contributed by atoms with Gasteiger partial charge in [0.1, 0.15) is 5.82 Å². The first-order chi connectivity index (χ1) is 9.95. The highest BCUT2D eigenvalue weighted by Gasteiger charge is 2.13. The summed E-state index contributed by atoms with van der Waals surface area (Å²) < 4.78 is 1.89. The lowest BCUT2D eigenvalue weighted by molar-refractivity contribution is 0.0697. The van der Waals surface area contributed by atoms with Gasteiger partial charge in [0.05, 0.1) is 22.3 Å². The molecule has 0 radical (unpaired) electrons. The predicted octanol–water partition coefficient (Wildman–Crippen LogP) is 4.34. The van der Waals surface area contributed by atoms with Crippen LogP contribution in [-0.2, 0) is 0 Å². The molecule has 2 aromatic carbocycles. The Balaban J connectivity index is 2.27. The van der Waals surface area contributed by atoms with Crippen LogP contribution in [0.4, 0.5) is 0 Å². The van der Waals surface area contributed by atoms with E-state index >= 15 is 0 Å². The van der Waals surface area contributed by atoms with Gasteiger partial charge in [0, 0.05) is 10.0 Å². The summed E-state index contributed by atoms with van der Waals surface area (Å²) in [6.45, 7) is 1.84. The number of hydrogen-bond acceptors (Lipinski definition) is 2. The van der Waals surface area contributed by atoms with Crippen LogP contribution in [0.3, 0.4) is 0 Å². The fourth-order valence-corrected chi connectivity index (χ4v) is 2.84. The number of carboxylic acid groups (broad SMARTS) is 1. The Morgan fingerprint density at radius 1 is 1.14 bits per heavy atom. The van der Waals surface area contributed by atoms with Crippen molar-refractivity contribution in [3.8, 4) is 5.69 Å². The maximum Gasteiger partial charge on any atom is 0.335 e. The van der Waals surface area contributed by atoms with E-state index in [1.165, 1.54) is 0 Å². The molecule has 0 saturated heterocycles. The Morgan fingerprint density at radius 2 is 1.81 bits per heavy atom. The van der Waals surface area contributed by atoms with Gasteiger partial charge < -0.3 is 5.11 Å². The van der Waals surface area contributed by atoms with Crippen LogP contribution in [0.15, 0.2) is 36.4 Å². The number of aromatic carboxylic acids is 1. The zero-order chi connectivity index (χ0) is 15.1. The van der Waals surface area contributed by atoms with Crippen molar-refractivity contribution in [2.45, 2.75) is 6.92 Å². The van der Waals surface area contributed by atoms with Crippen LogP contribution in [0.2, 0.25) is 10.0 Å². The van der Waals surface area contributed by atoms with Crippen molar-refractivity contribution >= 4 is 40.2 Å². The molecule has 3 rings (SSSR count). The summed E-state index contributed by atoms with van der Waals surface area (Å²) in [4.78, 5) is 15.4.